The minimum atomic E-state index is -0.362. The number of thiophene rings is 2. The van der Waals surface area contributed by atoms with Gasteiger partial charge in [0.2, 0.25) is 5.91 Å². The van der Waals surface area contributed by atoms with Crippen LogP contribution in [-0.4, -0.2) is 20.7 Å². The zero-order chi connectivity index (χ0) is 17.8. The summed E-state index contributed by atoms with van der Waals surface area (Å²) < 4.78 is 2.19. The fraction of sp³-hybridized carbons (Fsp3) is 0.235. The number of hydrogen-bond acceptors (Lipinski definition) is 6. The maximum atomic E-state index is 12.6. The molecule has 0 radical (unpaired) electrons. The molecule has 3 aromatic rings. The van der Waals surface area contributed by atoms with Gasteiger partial charge in [-0.1, -0.05) is 23.9 Å². The first-order valence-corrected chi connectivity index (χ1v) is 10.3. The molecule has 0 aliphatic rings. The second kappa shape index (κ2) is 7.99. The van der Waals surface area contributed by atoms with Crippen LogP contribution in [0, 0.1) is 0 Å². The van der Waals surface area contributed by atoms with Gasteiger partial charge in [0.25, 0.3) is 5.56 Å². The lowest BCUT2D eigenvalue weighted by Crippen LogP contribution is -2.31. The molecule has 0 aromatic carbocycles. The topological polar surface area (TPSA) is 64.0 Å². The normalized spacial score (nSPS) is 12.2. The van der Waals surface area contributed by atoms with Crippen LogP contribution < -0.4 is 10.9 Å². The molecule has 0 aliphatic heterocycles. The number of amides is 1. The summed E-state index contributed by atoms with van der Waals surface area (Å²) in [6.07, 6.45) is 1.66. The van der Waals surface area contributed by atoms with Gasteiger partial charge < -0.3 is 5.32 Å². The van der Waals surface area contributed by atoms with Crippen LogP contribution in [0.1, 0.15) is 11.8 Å². The Hall–Kier alpha value is -1.90. The number of rotatable bonds is 7. The van der Waals surface area contributed by atoms with E-state index in [1.807, 2.05) is 35.9 Å². The third-order valence-electron chi connectivity index (χ3n) is 3.51. The van der Waals surface area contributed by atoms with Crippen LogP contribution in [0.25, 0.3) is 10.2 Å². The van der Waals surface area contributed by atoms with Crippen molar-refractivity contribution in [1.82, 2.24) is 14.9 Å². The molecule has 0 saturated carbocycles. The minimum Gasteiger partial charge on any atom is -0.350 e. The largest absolute Gasteiger partial charge is 0.350 e. The molecule has 3 aromatic heterocycles. The maximum absolute atomic E-state index is 12.6. The fourth-order valence-corrected chi connectivity index (χ4v) is 4.61. The van der Waals surface area contributed by atoms with E-state index in [4.69, 9.17) is 0 Å². The third-order valence-corrected chi connectivity index (χ3v) is 6.37. The molecule has 0 bridgehead atoms. The Morgan fingerprint density at radius 3 is 3.00 bits per heavy atom. The summed E-state index contributed by atoms with van der Waals surface area (Å²) in [5.41, 5.74) is 0.581. The zero-order valence-corrected chi connectivity index (χ0v) is 16.0. The smallest absolute Gasteiger partial charge is 0.272 e. The van der Waals surface area contributed by atoms with Crippen molar-refractivity contribution in [2.45, 2.75) is 30.4 Å². The van der Waals surface area contributed by atoms with Gasteiger partial charge in [-0.05, 0) is 29.8 Å². The molecule has 0 unspecified atom stereocenters. The highest BCUT2D eigenvalue weighted by molar-refractivity contribution is 8.00. The van der Waals surface area contributed by atoms with E-state index in [0.29, 0.717) is 28.5 Å². The summed E-state index contributed by atoms with van der Waals surface area (Å²) in [6, 6.07) is 5.76. The Morgan fingerprint density at radius 2 is 2.28 bits per heavy atom. The number of nitrogens with zero attached hydrogens (tertiary/aromatic N) is 2. The lowest BCUT2D eigenvalue weighted by atomic mass is 10.4. The van der Waals surface area contributed by atoms with Crippen molar-refractivity contribution in [2.24, 2.45) is 0 Å². The third kappa shape index (κ3) is 4.02. The first-order valence-electron chi connectivity index (χ1n) is 7.66. The molecule has 3 rings (SSSR count). The Morgan fingerprint density at radius 1 is 1.44 bits per heavy atom. The van der Waals surface area contributed by atoms with E-state index in [-0.39, 0.29) is 16.7 Å². The van der Waals surface area contributed by atoms with E-state index in [2.05, 4.69) is 16.9 Å². The van der Waals surface area contributed by atoms with Gasteiger partial charge in [0.05, 0.1) is 17.3 Å². The van der Waals surface area contributed by atoms with Crippen molar-refractivity contribution >= 4 is 50.6 Å². The van der Waals surface area contributed by atoms with Crippen molar-refractivity contribution in [1.29, 1.82) is 0 Å². The first-order chi connectivity index (χ1) is 12.1. The van der Waals surface area contributed by atoms with E-state index in [9.17, 15) is 9.59 Å². The van der Waals surface area contributed by atoms with Crippen LogP contribution in [0.4, 0.5) is 0 Å². The lowest BCUT2D eigenvalue weighted by molar-refractivity contribution is -0.120. The van der Waals surface area contributed by atoms with Gasteiger partial charge in [-0.15, -0.1) is 29.3 Å². The van der Waals surface area contributed by atoms with Gasteiger partial charge >= 0.3 is 0 Å². The van der Waals surface area contributed by atoms with E-state index in [1.54, 1.807) is 22.0 Å². The number of nitrogens with one attached hydrogen (secondary N) is 1. The molecule has 1 atom stereocenters. The Bertz CT molecular complexity index is 944. The number of carbonyl (C=O) groups is 1. The average Bonchev–Trinajstić information content (AvgIpc) is 3.27. The molecule has 5 nitrogen and oxygen atoms in total. The molecule has 25 heavy (non-hydrogen) atoms. The predicted octanol–water partition coefficient (Wildman–Crippen LogP) is 3.50. The molecule has 0 saturated heterocycles. The van der Waals surface area contributed by atoms with E-state index in [0.717, 1.165) is 4.88 Å². The van der Waals surface area contributed by atoms with Crippen LogP contribution in [-0.2, 0) is 17.9 Å². The second-order valence-corrected chi connectivity index (χ2v) is 8.55. The number of aromatic nitrogens is 2. The summed E-state index contributed by atoms with van der Waals surface area (Å²) in [6.45, 7) is 6.40. The minimum absolute atomic E-state index is 0.0804. The summed E-state index contributed by atoms with van der Waals surface area (Å²) in [5.74, 6) is -0.0804. The van der Waals surface area contributed by atoms with Gasteiger partial charge in [0, 0.05) is 11.4 Å². The van der Waals surface area contributed by atoms with E-state index < -0.39 is 0 Å². The standard InChI is InChI=1S/C17H17N3O2S3/c1-3-7-20-16(22)14-13(6-9-24-14)19-17(20)25-11(2)15(21)18-10-12-5-4-8-23-12/h3-6,8-9,11H,1,7,10H2,2H3,(H,18,21)/t11-/m0/s1. The molecular weight excluding hydrogens is 374 g/mol. The molecule has 130 valence electrons. The first kappa shape index (κ1) is 17.9. The SMILES string of the molecule is C=CCn1c(S[C@@H](C)C(=O)NCc2cccs2)nc2ccsc2c1=O. The van der Waals surface area contributed by atoms with Gasteiger partial charge in [-0.2, -0.15) is 0 Å². The number of fused-ring (bicyclic) bond motifs is 1. The molecule has 1 N–H and O–H groups in total. The maximum Gasteiger partial charge on any atom is 0.272 e. The van der Waals surface area contributed by atoms with Crippen molar-refractivity contribution < 1.29 is 4.79 Å². The van der Waals surface area contributed by atoms with Crippen LogP contribution in [0.3, 0.4) is 0 Å². The summed E-state index contributed by atoms with van der Waals surface area (Å²) in [5, 5.41) is 6.93. The number of allylic oxidation sites excluding steroid dienone is 1. The molecule has 1 amide bonds. The Kier molecular flexibility index (Phi) is 5.72. The molecule has 0 fully saturated rings. The number of hydrogen-bond donors (Lipinski definition) is 1. The van der Waals surface area contributed by atoms with Gasteiger partial charge in [-0.3, -0.25) is 14.2 Å². The molecular formula is C17H17N3O2S3. The van der Waals surface area contributed by atoms with E-state index >= 15 is 0 Å². The van der Waals surface area contributed by atoms with Gasteiger partial charge in [-0.25, -0.2) is 4.98 Å². The predicted molar refractivity (Wildman–Crippen MR) is 106 cm³/mol. The van der Waals surface area contributed by atoms with Gasteiger partial charge in [0.15, 0.2) is 5.16 Å². The number of thioether (sulfide) groups is 1. The average molecular weight is 392 g/mol. The lowest BCUT2D eigenvalue weighted by Gasteiger charge is -2.14. The molecule has 3 heterocycles. The fourth-order valence-electron chi connectivity index (χ4n) is 2.25. The highest BCUT2D eigenvalue weighted by Crippen LogP contribution is 2.24. The molecule has 0 aliphatic carbocycles. The van der Waals surface area contributed by atoms with Gasteiger partial charge in [0.1, 0.15) is 4.70 Å². The highest BCUT2D eigenvalue weighted by Gasteiger charge is 2.19. The summed E-state index contributed by atoms with van der Waals surface area (Å²) in [7, 11) is 0. The Balaban J connectivity index is 1.78. The van der Waals surface area contributed by atoms with Crippen molar-refractivity contribution in [3.63, 3.8) is 0 Å². The van der Waals surface area contributed by atoms with Crippen LogP contribution >= 0.6 is 34.4 Å². The van der Waals surface area contributed by atoms with Crippen LogP contribution in [0.15, 0.2) is 51.6 Å². The van der Waals surface area contributed by atoms with Crippen molar-refractivity contribution in [3.05, 3.63) is 56.8 Å². The van der Waals surface area contributed by atoms with Crippen molar-refractivity contribution in [3.8, 4) is 0 Å². The quantitative estimate of drug-likeness (QED) is 0.380. The summed E-state index contributed by atoms with van der Waals surface area (Å²) in [4.78, 5) is 30.6. The monoisotopic (exact) mass is 391 g/mol. The number of carbonyl (C=O) groups excluding carboxylic acids is 1. The summed E-state index contributed by atoms with van der Waals surface area (Å²) >= 11 is 4.27. The highest BCUT2D eigenvalue weighted by atomic mass is 32.2. The van der Waals surface area contributed by atoms with Crippen LogP contribution in [0.2, 0.25) is 0 Å². The van der Waals surface area contributed by atoms with E-state index in [1.165, 1.54) is 23.1 Å². The molecule has 0 spiro atoms. The van der Waals surface area contributed by atoms with Crippen molar-refractivity contribution in [2.75, 3.05) is 0 Å². The Labute approximate surface area is 157 Å². The zero-order valence-electron chi connectivity index (χ0n) is 13.6. The van der Waals surface area contributed by atoms with Crippen LogP contribution in [0.5, 0.6) is 0 Å². The second-order valence-electron chi connectivity index (χ2n) is 5.29. The molecule has 8 heteroatoms.